The van der Waals surface area contributed by atoms with Crippen molar-refractivity contribution in [2.75, 3.05) is 7.11 Å². The van der Waals surface area contributed by atoms with Crippen molar-refractivity contribution < 1.29 is 4.74 Å². The maximum absolute atomic E-state index is 6.31. The molecule has 1 aliphatic carbocycles. The Bertz CT molecular complexity index is 380. The highest BCUT2D eigenvalue weighted by atomic mass is 16.5. The normalized spacial score (nSPS) is 18.4. The molecular formula is C13H19NO. The molecular weight excluding hydrogens is 186 g/mol. The summed E-state index contributed by atoms with van der Waals surface area (Å²) >= 11 is 0. The van der Waals surface area contributed by atoms with Gasteiger partial charge >= 0.3 is 0 Å². The summed E-state index contributed by atoms with van der Waals surface area (Å²) < 4.78 is 5.37. The molecule has 1 saturated carbocycles. The minimum Gasteiger partial charge on any atom is -0.496 e. The summed E-state index contributed by atoms with van der Waals surface area (Å²) in [5.41, 5.74) is 9.93. The maximum Gasteiger partial charge on any atom is 0.122 e. The summed E-state index contributed by atoms with van der Waals surface area (Å²) in [7, 11) is 1.72. The molecule has 1 aliphatic rings. The molecule has 15 heavy (non-hydrogen) atoms. The monoisotopic (exact) mass is 205 g/mol. The molecule has 2 nitrogen and oxygen atoms in total. The first-order valence-corrected chi connectivity index (χ1v) is 5.51. The third-order valence-electron chi connectivity index (χ3n) is 3.66. The van der Waals surface area contributed by atoms with E-state index in [-0.39, 0.29) is 5.54 Å². The van der Waals surface area contributed by atoms with Crippen LogP contribution >= 0.6 is 0 Å². The van der Waals surface area contributed by atoms with E-state index < -0.39 is 0 Å². The molecule has 0 amide bonds. The van der Waals surface area contributed by atoms with Crippen LogP contribution in [0.3, 0.4) is 0 Å². The molecule has 2 heteroatoms. The number of aryl methyl sites for hydroxylation is 1. The third kappa shape index (κ3) is 1.63. The fourth-order valence-corrected chi connectivity index (χ4v) is 2.17. The number of ether oxygens (including phenoxy) is 1. The zero-order valence-electron chi connectivity index (χ0n) is 9.76. The lowest BCUT2D eigenvalue weighted by Gasteiger charge is -2.39. The molecule has 0 heterocycles. The van der Waals surface area contributed by atoms with Crippen molar-refractivity contribution in [2.45, 2.75) is 38.6 Å². The van der Waals surface area contributed by atoms with Gasteiger partial charge in [-0.05, 0) is 55.9 Å². The lowest BCUT2D eigenvalue weighted by atomic mass is 9.72. The predicted molar refractivity (Wildman–Crippen MR) is 62.2 cm³/mol. The van der Waals surface area contributed by atoms with E-state index in [2.05, 4.69) is 26.0 Å². The first-order valence-electron chi connectivity index (χ1n) is 5.51. The molecule has 1 aromatic rings. The van der Waals surface area contributed by atoms with Crippen LogP contribution in [0.2, 0.25) is 0 Å². The number of methoxy groups -OCH3 is 1. The molecule has 0 spiro atoms. The molecule has 0 unspecified atom stereocenters. The number of hydrogen-bond donors (Lipinski definition) is 1. The fraction of sp³-hybridized carbons (Fsp3) is 0.538. The van der Waals surface area contributed by atoms with Gasteiger partial charge in [-0.3, -0.25) is 0 Å². The number of benzene rings is 1. The second-order valence-corrected chi connectivity index (χ2v) is 4.63. The Morgan fingerprint density at radius 3 is 2.40 bits per heavy atom. The van der Waals surface area contributed by atoms with Crippen LogP contribution in [0, 0.1) is 13.8 Å². The largest absolute Gasteiger partial charge is 0.496 e. The van der Waals surface area contributed by atoms with Crippen LogP contribution in [-0.4, -0.2) is 7.11 Å². The second kappa shape index (κ2) is 3.53. The van der Waals surface area contributed by atoms with Crippen molar-refractivity contribution in [2.24, 2.45) is 5.73 Å². The van der Waals surface area contributed by atoms with E-state index >= 15 is 0 Å². The van der Waals surface area contributed by atoms with Crippen LogP contribution < -0.4 is 10.5 Å². The van der Waals surface area contributed by atoms with E-state index in [1.165, 1.54) is 23.1 Å². The Morgan fingerprint density at radius 2 is 1.93 bits per heavy atom. The van der Waals surface area contributed by atoms with Crippen molar-refractivity contribution >= 4 is 0 Å². The smallest absolute Gasteiger partial charge is 0.122 e. The van der Waals surface area contributed by atoms with E-state index in [0.29, 0.717) is 0 Å². The lowest BCUT2D eigenvalue weighted by Crippen LogP contribution is -2.43. The van der Waals surface area contributed by atoms with Crippen molar-refractivity contribution in [1.82, 2.24) is 0 Å². The van der Waals surface area contributed by atoms with Crippen molar-refractivity contribution in [1.29, 1.82) is 0 Å². The zero-order chi connectivity index (χ0) is 11.1. The van der Waals surface area contributed by atoms with E-state index in [9.17, 15) is 0 Å². The van der Waals surface area contributed by atoms with E-state index in [0.717, 1.165) is 18.6 Å². The Morgan fingerprint density at radius 1 is 1.27 bits per heavy atom. The quantitative estimate of drug-likeness (QED) is 0.805. The highest BCUT2D eigenvalue weighted by molar-refractivity contribution is 5.45. The summed E-state index contributed by atoms with van der Waals surface area (Å²) in [5, 5.41) is 0. The SMILES string of the molecule is COc1cc(C2(N)CCC2)cc(C)c1C. The Hall–Kier alpha value is -1.02. The summed E-state index contributed by atoms with van der Waals surface area (Å²) in [4.78, 5) is 0. The molecule has 0 saturated heterocycles. The highest BCUT2D eigenvalue weighted by Gasteiger charge is 2.34. The minimum absolute atomic E-state index is 0.0915. The molecule has 0 aromatic heterocycles. The number of nitrogens with two attached hydrogens (primary N) is 1. The Balaban J connectivity index is 2.45. The second-order valence-electron chi connectivity index (χ2n) is 4.63. The Labute approximate surface area is 91.4 Å². The minimum atomic E-state index is -0.0915. The Kier molecular flexibility index (Phi) is 2.47. The van der Waals surface area contributed by atoms with Crippen LogP contribution in [0.5, 0.6) is 5.75 Å². The van der Waals surface area contributed by atoms with Gasteiger partial charge in [0.2, 0.25) is 0 Å². The van der Waals surface area contributed by atoms with Crippen LogP contribution in [0.4, 0.5) is 0 Å². The first kappa shape index (κ1) is 10.5. The van der Waals surface area contributed by atoms with Gasteiger partial charge in [0.15, 0.2) is 0 Å². The average Bonchev–Trinajstić information content (AvgIpc) is 2.18. The summed E-state index contributed by atoms with van der Waals surface area (Å²) in [6.07, 6.45) is 3.43. The fourth-order valence-electron chi connectivity index (χ4n) is 2.17. The van der Waals surface area contributed by atoms with Gasteiger partial charge in [-0.15, -0.1) is 0 Å². The van der Waals surface area contributed by atoms with Crippen molar-refractivity contribution in [3.05, 3.63) is 28.8 Å². The van der Waals surface area contributed by atoms with Crippen LogP contribution in [0.1, 0.15) is 36.0 Å². The molecule has 0 radical (unpaired) electrons. The molecule has 2 rings (SSSR count). The summed E-state index contributed by atoms with van der Waals surface area (Å²) in [5.74, 6) is 0.960. The van der Waals surface area contributed by atoms with Crippen LogP contribution in [-0.2, 0) is 5.54 Å². The molecule has 0 atom stereocenters. The van der Waals surface area contributed by atoms with Crippen molar-refractivity contribution in [3.8, 4) is 5.75 Å². The molecule has 1 fully saturated rings. The summed E-state index contributed by atoms with van der Waals surface area (Å²) in [6, 6.07) is 4.30. The standard InChI is InChI=1S/C13H19NO/c1-9-7-11(13(14)5-4-6-13)8-12(15-3)10(9)2/h7-8H,4-6,14H2,1-3H3. The zero-order valence-corrected chi connectivity index (χ0v) is 9.76. The van der Waals surface area contributed by atoms with Gasteiger partial charge in [-0.1, -0.05) is 6.07 Å². The predicted octanol–water partition coefficient (Wildman–Crippen LogP) is 2.65. The topological polar surface area (TPSA) is 35.2 Å². The first-order chi connectivity index (χ1) is 7.07. The maximum atomic E-state index is 6.31. The molecule has 1 aromatic carbocycles. The third-order valence-corrected chi connectivity index (χ3v) is 3.66. The van der Waals surface area contributed by atoms with Gasteiger partial charge in [0.05, 0.1) is 7.11 Å². The van der Waals surface area contributed by atoms with E-state index in [1.54, 1.807) is 7.11 Å². The van der Waals surface area contributed by atoms with Crippen LogP contribution in [0.25, 0.3) is 0 Å². The molecule has 82 valence electrons. The van der Waals surface area contributed by atoms with Crippen LogP contribution in [0.15, 0.2) is 12.1 Å². The van der Waals surface area contributed by atoms with Gasteiger partial charge in [0.25, 0.3) is 0 Å². The van der Waals surface area contributed by atoms with Gasteiger partial charge in [-0.25, -0.2) is 0 Å². The highest BCUT2D eigenvalue weighted by Crippen LogP contribution is 2.40. The number of hydrogen-bond acceptors (Lipinski definition) is 2. The molecule has 2 N–H and O–H groups in total. The lowest BCUT2D eigenvalue weighted by molar-refractivity contribution is 0.252. The average molecular weight is 205 g/mol. The van der Waals surface area contributed by atoms with E-state index in [4.69, 9.17) is 10.5 Å². The number of rotatable bonds is 2. The molecule has 0 aliphatic heterocycles. The van der Waals surface area contributed by atoms with Gasteiger partial charge in [0.1, 0.15) is 5.75 Å². The van der Waals surface area contributed by atoms with Gasteiger partial charge < -0.3 is 10.5 Å². The van der Waals surface area contributed by atoms with E-state index in [1.807, 2.05) is 0 Å². The van der Waals surface area contributed by atoms with Gasteiger partial charge in [-0.2, -0.15) is 0 Å². The summed E-state index contributed by atoms with van der Waals surface area (Å²) in [6.45, 7) is 4.20. The van der Waals surface area contributed by atoms with Crippen molar-refractivity contribution in [3.63, 3.8) is 0 Å². The molecule has 0 bridgehead atoms. The van der Waals surface area contributed by atoms with Gasteiger partial charge in [0, 0.05) is 5.54 Å².